The molecule has 0 saturated carbocycles. The predicted octanol–water partition coefficient (Wildman–Crippen LogP) is 3.01. The van der Waals surface area contributed by atoms with Crippen LogP contribution in [-0.2, 0) is 11.2 Å². The number of fused-ring (bicyclic) bond motifs is 1. The number of hydrogen-bond donors (Lipinski definition) is 2. The summed E-state index contributed by atoms with van der Waals surface area (Å²) < 4.78 is 5.21. The highest BCUT2D eigenvalue weighted by atomic mass is 16.5. The zero-order valence-corrected chi connectivity index (χ0v) is 11.6. The lowest BCUT2D eigenvalue weighted by Gasteiger charge is -2.04. The molecule has 0 saturated heterocycles. The summed E-state index contributed by atoms with van der Waals surface area (Å²) in [5.41, 5.74) is 1.88. The molecule has 2 aromatic carbocycles. The molecule has 2 N–H and O–H groups in total. The van der Waals surface area contributed by atoms with E-state index < -0.39 is 11.9 Å². The van der Waals surface area contributed by atoms with Crippen LogP contribution >= 0.6 is 0 Å². The second-order valence-electron chi connectivity index (χ2n) is 4.84. The maximum Gasteiger partial charge on any atom is 0.335 e. The normalized spacial score (nSPS) is 10.5. The summed E-state index contributed by atoms with van der Waals surface area (Å²) in [5.74, 6) is -1.27. The molecule has 0 fully saturated rings. The van der Waals surface area contributed by atoms with Crippen molar-refractivity contribution < 1.29 is 19.4 Å². The van der Waals surface area contributed by atoms with Gasteiger partial charge in [0.2, 0.25) is 0 Å². The summed E-state index contributed by atoms with van der Waals surface area (Å²) in [4.78, 5) is 26.0. The Bertz CT molecular complexity index is 850. The zero-order valence-electron chi connectivity index (χ0n) is 11.6. The van der Waals surface area contributed by atoms with Crippen molar-refractivity contribution in [3.05, 3.63) is 65.9 Å². The second kappa shape index (κ2) is 5.73. The molecule has 0 radical (unpaired) electrons. The lowest BCUT2D eigenvalue weighted by atomic mass is 10.1. The Morgan fingerprint density at radius 2 is 1.91 bits per heavy atom. The van der Waals surface area contributed by atoms with E-state index >= 15 is 0 Å². The Morgan fingerprint density at radius 3 is 2.73 bits per heavy atom. The van der Waals surface area contributed by atoms with E-state index in [1.54, 1.807) is 12.3 Å². The number of aromatic carboxylic acids is 1. The number of aromatic amines is 1. The Labute approximate surface area is 126 Å². The summed E-state index contributed by atoms with van der Waals surface area (Å²) in [6, 6.07) is 13.5. The van der Waals surface area contributed by atoms with Crippen LogP contribution in [0.3, 0.4) is 0 Å². The third-order valence-electron chi connectivity index (χ3n) is 3.32. The Morgan fingerprint density at radius 1 is 1.09 bits per heavy atom. The largest absolute Gasteiger partial charge is 0.478 e. The van der Waals surface area contributed by atoms with Gasteiger partial charge in [-0.05, 0) is 29.8 Å². The fraction of sp³-hybridized carbons (Fsp3) is 0.0588. The van der Waals surface area contributed by atoms with Crippen LogP contribution in [-0.4, -0.2) is 22.0 Å². The third-order valence-corrected chi connectivity index (χ3v) is 3.32. The number of carbonyl (C=O) groups excluding carboxylic acids is 1. The Kier molecular flexibility index (Phi) is 3.62. The summed E-state index contributed by atoms with van der Waals surface area (Å²) in [6.45, 7) is 0. The first-order chi connectivity index (χ1) is 10.6. The zero-order chi connectivity index (χ0) is 15.5. The van der Waals surface area contributed by atoms with Gasteiger partial charge in [-0.3, -0.25) is 4.79 Å². The number of nitrogens with one attached hydrogen (secondary N) is 1. The number of hydrogen-bond acceptors (Lipinski definition) is 3. The van der Waals surface area contributed by atoms with Gasteiger partial charge in [0.1, 0.15) is 5.75 Å². The summed E-state index contributed by atoms with van der Waals surface area (Å²) in [6.07, 6.45) is 1.89. The van der Waals surface area contributed by atoms with E-state index in [2.05, 4.69) is 4.98 Å². The molecule has 1 heterocycles. The molecule has 0 aliphatic carbocycles. The highest BCUT2D eigenvalue weighted by molar-refractivity contribution is 5.89. The van der Waals surface area contributed by atoms with E-state index in [0.717, 1.165) is 16.5 Å². The molecule has 1 aromatic heterocycles. The monoisotopic (exact) mass is 295 g/mol. The molecule has 110 valence electrons. The van der Waals surface area contributed by atoms with Gasteiger partial charge in [-0.1, -0.05) is 24.3 Å². The van der Waals surface area contributed by atoms with E-state index in [9.17, 15) is 9.59 Å². The van der Waals surface area contributed by atoms with Crippen LogP contribution in [0.15, 0.2) is 54.7 Å². The number of aromatic nitrogens is 1. The molecule has 0 spiro atoms. The molecule has 0 atom stereocenters. The maximum absolute atomic E-state index is 12.0. The lowest BCUT2D eigenvalue weighted by molar-refractivity contribution is -0.133. The lowest BCUT2D eigenvalue weighted by Crippen LogP contribution is -2.11. The minimum atomic E-state index is -1.06. The smallest absolute Gasteiger partial charge is 0.335 e. The van der Waals surface area contributed by atoms with Crippen molar-refractivity contribution in [1.29, 1.82) is 0 Å². The number of esters is 1. The topological polar surface area (TPSA) is 79.4 Å². The highest BCUT2D eigenvalue weighted by Crippen LogP contribution is 2.19. The Hall–Kier alpha value is -3.08. The molecular weight excluding hydrogens is 282 g/mol. The molecule has 0 aliphatic heterocycles. The molecule has 5 nitrogen and oxygen atoms in total. The maximum atomic E-state index is 12.0. The van der Waals surface area contributed by atoms with E-state index in [1.807, 2.05) is 24.3 Å². The van der Waals surface area contributed by atoms with Crippen LogP contribution in [0.4, 0.5) is 0 Å². The van der Waals surface area contributed by atoms with E-state index in [-0.39, 0.29) is 17.7 Å². The number of benzene rings is 2. The molecule has 3 aromatic rings. The van der Waals surface area contributed by atoms with Gasteiger partial charge in [0, 0.05) is 17.1 Å². The number of ether oxygens (including phenoxy) is 1. The van der Waals surface area contributed by atoms with Crippen LogP contribution in [0.1, 0.15) is 15.9 Å². The molecule has 22 heavy (non-hydrogen) atoms. The summed E-state index contributed by atoms with van der Waals surface area (Å²) in [7, 11) is 0. The highest BCUT2D eigenvalue weighted by Gasteiger charge is 2.11. The molecular formula is C17H13NO4. The molecule has 0 bridgehead atoms. The number of rotatable bonds is 4. The van der Waals surface area contributed by atoms with Crippen molar-refractivity contribution >= 4 is 22.8 Å². The molecule has 5 heteroatoms. The van der Waals surface area contributed by atoms with Gasteiger partial charge in [0.25, 0.3) is 0 Å². The van der Waals surface area contributed by atoms with Gasteiger partial charge in [0.15, 0.2) is 0 Å². The van der Waals surface area contributed by atoms with Crippen molar-refractivity contribution in [3.8, 4) is 5.75 Å². The predicted molar refractivity (Wildman–Crippen MR) is 81.0 cm³/mol. The fourth-order valence-electron chi connectivity index (χ4n) is 2.29. The van der Waals surface area contributed by atoms with E-state index in [1.165, 1.54) is 18.2 Å². The first-order valence-electron chi connectivity index (χ1n) is 6.72. The number of para-hydroxylation sites is 1. The number of carboxylic acid groups (broad SMARTS) is 1. The summed E-state index contributed by atoms with van der Waals surface area (Å²) >= 11 is 0. The van der Waals surface area contributed by atoms with Gasteiger partial charge in [-0.2, -0.15) is 0 Å². The SMILES string of the molecule is O=C(Cc1c[nH]c2ccccc12)Oc1cccc(C(=O)O)c1. The standard InChI is InChI=1S/C17H13NO4/c19-16(22-13-5-3-4-11(8-13)17(20)21)9-12-10-18-15-7-2-1-6-14(12)15/h1-8,10,18H,9H2,(H,20,21). The second-order valence-corrected chi connectivity index (χ2v) is 4.84. The first-order valence-corrected chi connectivity index (χ1v) is 6.72. The molecule has 3 rings (SSSR count). The Balaban J connectivity index is 1.75. The van der Waals surface area contributed by atoms with Crippen molar-refractivity contribution in [2.24, 2.45) is 0 Å². The van der Waals surface area contributed by atoms with Crippen molar-refractivity contribution in [2.75, 3.05) is 0 Å². The average molecular weight is 295 g/mol. The van der Waals surface area contributed by atoms with Gasteiger partial charge < -0.3 is 14.8 Å². The van der Waals surface area contributed by atoms with Gasteiger partial charge in [-0.15, -0.1) is 0 Å². The van der Waals surface area contributed by atoms with Crippen LogP contribution < -0.4 is 4.74 Å². The van der Waals surface area contributed by atoms with E-state index in [0.29, 0.717) is 0 Å². The molecule has 0 aliphatic rings. The van der Waals surface area contributed by atoms with Crippen LogP contribution in [0.5, 0.6) is 5.75 Å². The fourth-order valence-corrected chi connectivity index (χ4v) is 2.29. The van der Waals surface area contributed by atoms with Gasteiger partial charge in [-0.25, -0.2) is 4.79 Å². The summed E-state index contributed by atoms with van der Waals surface area (Å²) in [5, 5.41) is 9.90. The van der Waals surface area contributed by atoms with Crippen LogP contribution in [0, 0.1) is 0 Å². The van der Waals surface area contributed by atoms with Gasteiger partial charge >= 0.3 is 11.9 Å². The number of carboxylic acids is 1. The average Bonchev–Trinajstić information content (AvgIpc) is 2.91. The van der Waals surface area contributed by atoms with Gasteiger partial charge in [0.05, 0.1) is 12.0 Å². The minimum Gasteiger partial charge on any atom is -0.478 e. The molecule has 0 unspecified atom stereocenters. The van der Waals surface area contributed by atoms with Crippen LogP contribution in [0.25, 0.3) is 10.9 Å². The quantitative estimate of drug-likeness (QED) is 0.573. The minimum absolute atomic E-state index is 0.0809. The van der Waals surface area contributed by atoms with Crippen molar-refractivity contribution in [2.45, 2.75) is 6.42 Å². The number of carbonyl (C=O) groups is 2. The van der Waals surface area contributed by atoms with Crippen LogP contribution in [0.2, 0.25) is 0 Å². The van der Waals surface area contributed by atoms with E-state index in [4.69, 9.17) is 9.84 Å². The number of H-pyrrole nitrogens is 1. The first kappa shape index (κ1) is 13.9. The van der Waals surface area contributed by atoms with Crippen molar-refractivity contribution in [3.63, 3.8) is 0 Å². The molecule has 0 amide bonds. The third kappa shape index (κ3) is 2.83. The van der Waals surface area contributed by atoms with Crippen molar-refractivity contribution in [1.82, 2.24) is 4.98 Å².